The maximum atomic E-state index is 12.5. The molecule has 2 heterocycles. The quantitative estimate of drug-likeness (QED) is 0.659. The van der Waals surface area contributed by atoms with Crippen molar-refractivity contribution in [2.24, 2.45) is 0 Å². The molecule has 6 heteroatoms. The molecule has 102 valence electrons. The number of aromatic nitrogens is 2. The summed E-state index contributed by atoms with van der Waals surface area (Å²) >= 11 is 1.54. The predicted molar refractivity (Wildman–Crippen MR) is 70.4 cm³/mol. The molecule has 0 saturated heterocycles. The second-order valence-corrected chi connectivity index (χ2v) is 5.30. The third-order valence-corrected chi connectivity index (χ3v) is 3.76. The fraction of sp³-hybridized carbons (Fsp3) is 0.143. The zero-order chi connectivity index (χ0) is 14.2. The molecule has 2 aromatic heterocycles. The van der Waals surface area contributed by atoms with Crippen LogP contribution in [0.15, 0.2) is 48.2 Å². The number of pyridine rings is 1. The van der Waals surface area contributed by atoms with E-state index in [0.29, 0.717) is 6.54 Å². The van der Waals surface area contributed by atoms with Crippen LogP contribution in [0.3, 0.4) is 0 Å². The molecule has 0 unspecified atom stereocenters. The zero-order valence-electron chi connectivity index (χ0n) is 10.3. The van der Waals surface area contributed by atoms with Crippen molar-refractivity contribution in [2.75, 3.05) is 0 Å². The van der Waals surface area contributed by atoms with Gasteiger partial charge in [-0.1, -0.05) is 12.1 Å². The topological polar surface area (TPSA) is 16.8 Å². The van der Waals surface area contributed by atoms with Gasteiger partial charge in [-0.2, -0.15) is 17.7 Å². The fourth-order valence-corrected chi connectivity index (χ4v) is 2.67. The summed E-state index contributed by atoms with van der Waals surface area (Å²) in [5, 5.41) is 0. The smallest absolute Gasteiger partial charge is 0.244 e. The molecule has 2 nitrogen and oxygen atoms in total. The Morgan fingerprint density at radius 3 is 2.55 bits per heavy atom. The maximum Gasteiger partial charge on any atom is 0.416 e. The van der Waals surface area contributed by atoms with Crippen LogP contribution in [0.5, 0.6) is 0 Å². The zero-order valence-corrected chi connectivity index (χ0v) is 11.1. The molecule has 0 radical (unpaired) electrons. The Kier molecular flexibility index (Phi) is 3.17. The van der Waals surface area contributed by atoms with Gasteiger partial charge in [-0.25, -0.2) is 4.98 Å². The van der Waals surface area contributed by atoms with Crippen molar-refractivity contribution < 1.29 is 17.7 Å². The maximum absolute atomic E-state index is 12.5. The van der Waals surface area contributed by atoms with E-state index in [1.54, 1.807) is 5.51 Å². The Hall–Kier alpha value is -1.95. The first-order valence-corrected chi connectivity index (χ1v) is 6.79. The number of nitrogens with zero attached hydrogens (tertiary/aromatic N) is 2. The van der Waals surface area contributed by atoms with Crippen LogP contribution in [0.25, 0.3) is 10.2 Å². The summed E-state index contributed by atoms with van der Waals surface area (Å²) in [5.41, 5.74) is 2.90. The number of halogens is 3. The Morgan fingerprint density at radius 1 is 1.10 bits per heavy atom. The summed E-state index contributed by atoms with van der Waals surface area (Å²) in [6, 6.07) is 7.14. The van der Waals surface area contributed by atoms with Gasteiger partial charge in [-0.3, -0.25) is 0 Å². The van der Waals surface area contributed by atoms with Crippen LogP contribution in [0.4, 0.5) is 13.2 Å². The summed E-state index contributed by atoms with van der Waals surface area (Å²) in [4.78, 5) is 4.19. The van der Waals surface area contributed by atoms with Crippen LogP contribution in [0.2, 0.25) is 0 Å². The largest absolute Gasteiger partial charge is 0.416 e. The minimum atomic E-state index is -4.28. The van der Waals surface area contributed by atoms with Crippen molar-refractivity contribution in [3.63, 3.8) is 0 Å². The molecule has 0 bridgehead atoms. The lowest BCUT2D eigenvalue weighted by Gasteiger charge is -2.06. The van der Waals surface area contributed by atoms with E-state index in [9.17, 15) is 13.2 Å². The van der Waals surface area contributed by atoms with Crippen molar-refractivity contribution in [3.05, 3.63) is 59.4 Å². The van der Waals surface area contributed by atoms with Crippen LogP contribution in [-0.2, 0) is 12.7 Å². The van der Waals surface area contributed by atoms with Gasteiger partial charge in [0.25, 0.3) is 0 Å². The van der Waals surface area contributed by atoms with Crippen LogP contribution < -0.4 is 4.57 Å². The van der Waals surface area contributed by atoms with Crippen LogP contribution in [0, 0.1) is 0 Å². The number of hydrogen-bond donors (Lipinski definition) is 0. The molecule has 3 aromatic rings. The van der Waals surface area contributed by atoms with Gasteiger partial charge in [0.05, 0.1) is 16.6 Å². The van der Waals surface area contributed by atoms with Crippen molar-refractivity contribution in [3.8, 4) is 0 Å². The van der Waals surface area contributed by atoms with Crippen molar-refractivity contribution in [1.82, 2.24) is 4.98 Å². The molecule has 0 spiro atoms. The van der Waals surface area contributed by atoms with E-state index in [0.717, 1.165) is 27.9 Å². The molecule has 0 aliphatic carbocycles. The number of rotatable bonds is 2. The average molecular weight is 295 g/mol. The van der Waals surface area contributed by atoms with Gasteiger partial charge in [0.1, 0.15) is 4.70 Å². The lowest BCUT2D eigenvalue weighted by atomic mass is 10.1. The predicted octanol–water partition coefficient (Wildman–Crippen LogP) is 3.65. The molecule has 0 amide bonds. The highest BCUT2D eigenvalue weighted by molar-refractivity contribution is 7.16. The average Bonchev–Trinajstić information content (AvgIpc) is 2.86. The second kappa shape index (κ2) is 4.86. The highest BCUT2D eigenvalue weighted by Crippen LogP contribution is 2.29. The van der Waals surface area contributed by atoms with E-state index in [2.05, 4.69) is 4.98 Å². The molecule has 0 aliphatic heterocycles. The standard InChI is InChI=1S/C14H10F3N2S/c15-14(16,17)11-3-1-10(2-4-11)7-19-6-5-12-13(8-19)20-9-18-12/h1-6,8-9H,7H2/q+1. The minimum absolute atomic E-state index is 0.534. The molecule has 0 N–H and O–H groups in total. The molecule has 0 saturated carbocycles. The molecule has 0 atom stereocenters. The number of benzene rings is 1. The Bertz CT molecular complexity index is 732. The highest BCUT2D eigenvalue weighted by atomic mass is 32.1. The molecule has 3 rings (SSSR count). The summed E-state index contributed by atoms with van der Waals surface area (Å²) in [6.07, 6.45) is -0.461. The Morgan fingerprint density at radius 2 is 1.85 bits per heavy atom. The summed E-state index contributed by atoms with van der Waals surface area (Å²) in [5.74, 6) is 0. The Labute approximate surface area is 117 Å². The van der Waals surface area contributed by atoms with Gasteiger partial charge >= 0.3 is 6.18 Å². The van der Waals surface area contributed by atoms with Crippen molar-refractivity contribution in [1.29, 1.82) is 0 Å². The normalized spacial score (nSPS) is 11.9. The van der Waals surface area contributed by atoms with E-state index in [-0.39, 0.29) is 0 Å². The number of hydrogen-bond acceptors (Lipinski definition) is 2. The summed E-state index contributed by atoms with van der Waals surface area (Å²) in [7, 11) is 0. The van der Waals surface area contributed by atoms with Gasteiger partial charge in [0, 0.05) is 11.6 Å². The van der Waals surface area contributed by atoms with Gasteiger partial charge in [0.15, 0.2) is 18.9 Å². The third-order valence-electron chi connectivity index (χ3n) is 2.98. The summed E-state index contributed by atoms with van der Waals surface area (Å²) in [6.45, 7) is 0.534. The van der Waals surface area contributed by atoms with Crippen molar-refractivity contribution in [2.45, 2.75) is 12.7 Å². The molecule has 1 aromatic carbocycles. The first-order chi connectivity index (χ1) is 9.52. The molecular weight excluding hydrogens is 285 g/mol. The first kappa shape index (κ1) is 13.1. The highest BCUT2D eigenvalue weighted by Gasteiger charge is 2.30. The fourth-order valence-electron chi connectivity index (χ4n) is 1.95. The molecule has 20 heavy (non-hydrogen) atoms. The Balaban J connectivity index is 1.83. The van der Waals surface area contributed by atoms with Crippen LogP contribution in [0.1, 0.15) is 11.1 Å². The number of alkyl halides is 3. The van der Waals surface area contributed by atoms with Gasteiger partial charge in [-0.15, -0.1) is 11.3 Å². The monoisotopic (exact) mass is 295 g/mol. The van der Waals surface area contributed by atoms with Gasteiger partial charge < -0.3 is 0 Å². The number of fused-ring (bicyclic) bond motifs is 1. The molecular formula is C14H10F3N2S+. The third kappa shape index (κ3) is 2.65. The van der Waals surface area contributed by atoms with E-state index < -0.39 is 11.7 Å². The van der Waals surface area contributed by atoms with Gasteiger partial charge in [-0.05, 0) is 12.1 Å². The number of thiazole rings is 1. The van der Waals surface area contributed by atoms with Crippen LogP contribution in [-0.4, -0.2) is 4.98 Å². The lowest BCUT2D eigenvalue weighted by molar-refractivity contribution is -0.687. The SMILES string of the molecule is FC(F)(F)c1ccc(C[n+]2ccc3ncsc3c2)cc1. The van der Waals surface area contributed by atoms with Gasteiger partial charge in [0.2, 0.25) is 0 Å². The first-order valence-electron chi connectivity index (χ1n) is 5.91. The minimum Gasteiger partial charge on any atom is -0.244 e. The molecule has 0 fully saturated rings. The lowest BCUT2D eigenvalue weighted by Crippen LogP contribution is -2.33. The van der Waals surface area contributed by atoms with Crippen molar-refractivity contribution >= 4 is 21.6 Å². The summed E-state index contributed by atoms with van der Waals surface area (Å²) < 4.78 is 40.4. The van der Waals surface area contributed by atoms with E-state index in [4.69, 9.17) is 0 Å². The van der Waals surface area contributed by atoms with E-state index in [1.807, 2.05) is 23.0 Å². The van der Waals surface area contributed by atoms with E-state index >= 15 is 0 Å². The van der Waals surface area contributed by atoms with E-state index in [1.165, 1.54) is 23.5 Å². The molecule has 0 aliphatic rings. The second-order valence-electron chi connectivity index (χ2n) is 4.41. The van der Waals surface area contributed by atoms with Crippen LogP contribution >= 0.6 is 11.3 Å².